The smallest absolute Gasteiger partial charge is 0.107 e. The van der Waals surface area contributed by atoms with E-state index in [1.807, 2.05) is 0 Å². The van der Waals surface area contributed by atoms with Gasteiger partial charge >= 0.3 is 0 Å². The summed E-state index contributed by atoms with van der Waals surface area (Å²) in [5, 5.41) is 0. The fourth-order valence-electron chi connectivity index (χ4n) is 0.825. The van der Waals surface area contributed by atoms with E-state index >= 15 is 0 Å². The largest absolute Gasteiger partial charge is 0.368 e. The van der Waals surface area contributed by atoms with Crippen molar-refractivity contribution >= 4 is 0 Å². The summed E-state index contributed by atoms with van der Waals surface area (Å²) in [6.45, 7) is 1.26. The Kier molecular flexibility index (Phi) is 2.60. The van der Waals surface area contributed by atoms with E-state index in [4.69, 9.17) is 11.2 Å². The van der Waals surface area contributed by atoms with Crippen LogP contribution in [0.2, 0.25) is 0 Å². The molecular formula is C8H11O. The zero-order valence-corrected chi connectivity index (χ0v) is 5.52. The van der Waals surface area contributed by atoms with Gasteiger partial charge in [0.1, 0.15) is 6.61 Å². The highest BCUT2D eigenvalue weighted by Crippen LogP contribution is 2.28. The van der Waals surface area contributed by atoms with Gasteiger partial charge in [-0.25, -0.2) is 0 Å². The van der Waals surface area contributed by atoms with Crippen molar-refractivity contribution < 1.29 is 4.74 Å². The average Bonchev–Trinajstić information content (AvgIpc) is 1.76. The minimum Gasteiger partial charge on any atom is -0.368 e. The zero-order chi connectivity index (χ0) is 6.53. The number of hydrogen-bond acceptors (Lipinski definition) is 1. The van der Waals surface area contributed by atoms with Gasteiger partial charge < -0.3 is 4.74 Å². The van der Waals surface area contributed by atoms with Gasteiger partial charge in [0.2, 0.25) is 0 Å². The second kappa shape index (κ2) is 3.53. The SMILES string of the molecule is C#CCOC[C]1CCC1. The Balaban J connectivity index is 1.87. The monoisotopic (exact) mass is 123 g/mol. The first kappa shape index (κ1) is 6.64. The molecule has 0 atom stereocenters. The minimum atomic E-state index is 0.462. The van der Waals surface area contributed by atoms with E-state index in [0.717, 1.165) is 6.61 Å². The van der Waals surface area contributed by atoms with Gasteiger partial charge in [-0.05, 0) is 12.8 Å². The Morgan fingerprint density at radius 3 is 2.78 bits per heavy atom. The molecule has 0 aromatic heterocycles. The molecule has 1 radical (unpaired) electrons. The molecule has 0 amide bonds. The lowest BCUT2D eigenvalue weighted by molar-refractivity contribution is 0.159. The van der Waals surface area contributed by atoms with Crippen molar-refractivity contribution in [2.24, 2.45) is 0 Å². The summed E-state index contributed by atoms with van der Waals surface area (Å²) in [6, 6.07) is 0. The molecule has 0 heterocycles. The van der Waals surface area contributed by atoms with Crippen molar-refractivity contribution in [1.82, 2.24) is 0 Å². The Bertz CT molecular complexity index is 108. The molecule has 1 aliphatic carbocycles. The number of rotatable bonds is 3. The molecule has 1 heteroatoms. The van der Waals surface area contributed by atoms with Crippen LogP contribution in [0.1, 0.15) is 19.3 Å². The van der Waals surface area contributed by atoms with Crippen LogP contribution in [0.5, 0.6) is 0 Å². The summed E-state index contributed by atoms with van der Waals surface area (Å²) in [5.74, 6) is 3.95. The first-order valence-corrected chi connectivity index (χ1v) is 3.28. The quantitative estimate of drug-likeness (QED) is 0.407. The van der Waals surface area contributed by atoms with Crippen LogP contribution in [-0.2, 0) is 4.74 Å². The predicted octanol–water partition coefficient (Wildman–Crippen LogP) is 1.39. The molecule has 1 aliphatic rings. The summed E-state index contributed by atoms with van der Waals surface area (Å²) in [4.78, 5) is 0. The highest BCUT2D eigenvalue weighted by atomic mass is 16.5. The third-order valence-corrected chi connectivity index (χ3v) is 1.55. The van der Waals surface area contributed by atoms with Crippen molar-refractivity contribution in [3.05, 3.63) is 5.92 Å². The van der Waals surface area contributed by atoms with E-state index in [2.05, 4.69) is 5.92 Å². The molecule has 0 aliphatic heterocycles. The van der Waals surface area contributed by atoms with Gasteiger partial charge in [-0.1, -0.05) is 12.3 Å². The molecule has 0 aromatic rings. The molecule has 0 aromatic carbocycles. The summed E-state index contributed by atoms with van der Waals surface area (Å²) in [5.41, 5.74) is 0. The first-order valence-electron chi connectivity index (χ1n) is 3.28. The molecule has 0 bridgehead atoms. The molecule has 0 N–H and O–H groups in total. The van der Waals surface area contributed by atoms with Gasteiger partial charge in [-0.2, -0.15) is 0 Å². The van der Waals surface area contributed by atoms with Gasteiger partial charge in [0.05, 0.1) is 6.61 Å². The van der Waals surface area contributed by atoms with Gasteiger partial charge in [0, 0.05) is 5.92 Å². The van der Waals surface area contributed by atoms with E-state index in [1.54, 1.807) is 0 Å². The van der Waals surface area contributed by atoms with Gasteiger partial charge in [-0.3, -0.25) is 0 Å². The predicted molar refractivity (Wildman–Crippen MR) is 36.7 cm³/mol. The molecule has 9 heavy (non-hydrogen) atoms. The maximum atomic E-state index is 5.11. The Morgan fingerprint density at radius 1 is 1.56 bits per heavy atom. The number of ether oxygens (including phenoxy) is 1. The van der Waals surface area contributed by atoms with Crippen molar-refractivity contribution in [2.45, 2.75) is 19.3 Å². The Labute approximate surface area is 56.4 Å². The lowest BCUT2D eigenvalue weighted by Gasteiger charge is -2.23. The average molecular weight is 123 g/mol. The van der Waals surface area contributed by atoms with E-state index in [0.29, 0.717) is 6.61 Å². The van der Waals surface area contributed by atoms with Crippen LogP contribution in [0.15, 0.2) is 0 Å². The lowest BCUT2D eigenvalue weighted by Crippen LogP contribution is -2.15. The second-order valence-electron chi connectivity index (χ2n) is 2.30. The van der Waals surface area contributed by atoms with Crippen molar-refractivity contribution in [1.29, 1.82) is 0 Å². The molecule has 0 spiro atoms. The maximum Gasteiger partial charge on any atom is 0.107 e. The molecular weight excluding hydrogens is 112 g/mol. The molecule has 1 fully saturated rings. The summed E-state index contributed by atoms with van der Waals surface area (Å²) >= 11 is 0. The molecule has 1 nitrogen and oxygen atoms in total. The van der Waals surface area contributed by atoms with Crippen LogP contribution in [0, 0.1) is 18.3 Å². The molecule has 1 rings (SSSR count). The van der Waals surface area contributed by atoms with Crippen LogP contribution in [0.25, 0.3) is 0 Å². The van der Waals surface area contributed by atoms with Gasteiger partial charge in [0.15, 0.2) is 0 Å². The van der Waals surface area contributed by atoms with E-state index in [1.165, 1.54) is 25.2 Å². The van der Waals surface area contributed by atoms with Crippen molar-refractivity contribution in [3.63, 3.8) is 0 Å². The number of hydrogen-bond donors (Lipinski definition) is 0. The Hall–Kier alpha value is -0.480. The first-order chi connectivity index (χ1) is 4.43. The minimum absolute atomic E-state index is 0.462. The number of terminal acetylenes is 1. The highest BCUT2D eigenvalue weighted by Gasteiger charge is 2.17. The van der Waals surface area contributed by atoms with E-state index in [-0.39, 0.29) is 0 Å². The van der Waals surface area contributed by atoms with E-state index < -0.39 is 0 Å². The molecule has 0 saturated heterocycles. The second-order valence-corrected chi connectivity index (χ2v) is 2.30. The van der Waals surface area contributed by atoms with Crippen LogP contribution in [0.4, 0.5) is 0 Å². The van der Waals surface area contributed by atoms with Crippen LogP contribution in [-0.4, -0.2) is 13.2 Å². The van der Waals surface area contributed by atoms with Crippen LogP contribution < -0.4 is 0 Å². The fraction of sp³-hybridized carbons (Fsp3) is 0.625. The third-order valence-electron chi connectivity index (χ3n) is 1.55. The maximum absolute atomic E-state index is 5.11. The summed E-state index contributed by atoms with van der Waals surface area (Å²) < 4.78 is 5.11. The topological polar surface area (TPSA) is 9.23 Å². The zero-order valence-electron chi connectivity index (χ0n) is 5.52. The van der Waals surface area contributed by atoms with Gasteiger partial charge in [0.25, 0.3) is 0 Å². The standard InChI is InChI=1S/C8H11O/c1-2-6-9-7-8-4-3-5-8/h1H,3-7H2. The van der Waals surface area contributed by atoms with Crippen molar-refractivity contribution in [3.8, 4) is 12.3 Å². The molecule has 0 unspecified atom stereocenters. The van der Waals surface area contributed by atoms with E-state index in [9.17, 15) is 0 Å². The van der Waals surface area contributed by atoms with Crippen LogP contribution in [0.3, 0.4) is 0 Å². The van der Waals surface area contributed by atoms with Crippen molar-refractivity contribution in [2.75, 3.05) is 13.2 Å². The molecule has 1 saturated carbocycles. The van der Waals surface area contributed by atoms with Gasteiger partial charge in [-0.15, -0.1) is 6.42 Å². The summed E-state index contributed by atoms with van der Waals surface area (Å²) in [7, 11) is 0. The fourth-order valence-corrected chi connectivity index (χ4v) is 0.825. The normalized spacial score (nSPS) is 18.6. The highest BCUT2D eigenvalue weighted by molar-refractivity contribution is 4.98. The molecule has 49 valence electrons. The lowest BCUT2D eigenvalue weighted by atomic mass is 9.86. The Morgan fingerprint density at radius 2 is 2.33 bits per heavy atom. The van der Waals surface area contributed by atoms with Crippen LogP contribution >= 0.6 is 0 Å². The third kappa shape index (κ3) is 2.07. The summed E-state index contributed by atoms with van der Waals surface area (Å²) in [6.07, 6.45) is 8.84.